The summed E-state index contributed by atoms with van der Waals surface area (Å²) in [5, 5.41) is 1.19. The highest BCUT2D eigenvalue weighted by molar-refractivity contribution is 6.32. The minimum atomic E-state index is 0.411. The Hall–Kier alpha value is -0.350. The molecule has 1 aromatic heterocycles. The smallest absolute Gasteiger partial charge is 0.129 e. The van der Waals surface area contributed by atoms with Gasteiger partial charge in [-0.1, -0.05) is 23.2 Å². The van der Waals surface area contributed by atoms with E-state index in [-0.39, 0.29) is 0 Å². The van der Waals surface area contributed by atoms with Crippen LogP contribution in [0.2, 0.25) is 10.2 Å². The van der Waals surface area contributed by atoms with E-state index in [1.54, 1.807) is 12.1 Å². The largest absolute Gasteiger partial charge is 0.378 e. The zero-order valence-corrected chi connectivity index (χ0v) is 12.0. The lowest BCUT2D eigenvalue weighted by molar-refractivity contribution is 0.0123. The van der Waals surface area contributed by atoms with E-state index in [0.717, 1.165) is 44.8 Å². The molecular formula is C13H18Cl2N2O. The predicted molar refractivity (Wildman–Crippen MR) is 74.2 cm³/mol. The lowest BCUT2D eigenvalue weighted by Crippen LogP contribution is -2.36. The van der Waals surface area contributed by atoms with Crippen molar-refractivity contribution in [1.82, 2.24) is 9.88 Å². The van der Waals surface area contributed by atoms with E-state index < -0.39 is 0 Å². The lowest BCUT2D eigenvalue weighted by atomic mass is 10.1. The molecule has 0 radical (unpaired) electrons. The van der Waals surface area contributed by atoms with Crippen molar-refractivity contribution in [3.8, 4) is 0 Å². The van der Waals surface area contributed by atoms with Crippen LogP contribution in [0.15, 0.2) is 12.1 Å². The van der Waals surface area contributed by atoms with Crippen molar-refractivity contribution in [3.05, 3.63) is 28.0 Å². The van der Waals surface area contributed by atoms with Crippen molar-refractivity contribution >= 4 is 23.2 Å². The molecule has 0 aliphatic carbocycles. The highest BCUT2D eigenvalue weighted by atomic mass is 35.5. The number of likely N-dealkylation sites (tertiary alicyclic amines) is 1. The van der Waals surface area contributed by atoms with Gasteiger partial charge in [0.05, 0.1) is 16.8 Å². The lowest BCUT2D eigenvalue weighted by Gasteiger charge is -2.31. The average molecular weight is 289 g/mol. The Bertz CT molecular complexity index is 393. The van der Waals surface area contributed by atoms with E-state index in [9.17, 15) is 0 Å². The first-order chi connectivity index (χ1) is 8.69. The number of hydrogen-bond donors (Lipinski definition) is 0. The summed E-state index contributed by atoms with van der Waals surface area (Å²) in [7, 11) is 0. The molecule has 1 aromatic rings. The molecular weight excluding hydrogens is 271 g/mol. The summed E-state index contributed by atoms with van der Waals surface area (Å²) in [6.07, 6.45) is 2.56. The molecule has 2 rings (SSSR count). The van der Waals surface area contributed by atoms with E-state index in [2.05, 4.69) is 9.88 Å². The van der Waals surface area contributed by atoms with Crippen molar-refractivity contribution in [3.63, 3.8) is 0 Å². The van der Waals surface area contributed by atoms with Crippen molar-refractivity contribution in [1.29, 1.82) is 0 Å². The summed E-state index contributed by atoms with van der Waals surface area (Å²) >= 11 is 12.0. The molecule has 100 valence electrons. The van der Waals surface area contributed by atoms with Crippen LogP contribution in [0.3, 0.4) is 0 Å². The Morgan fingerprint density at radius 2 is 2.06 bits per heavy atom. The molecule has 1 aliphatic heterocycles. The highest BCUT2D eigenvalue weighted by Gasteiger charge is 2.20. The van der Waals surface area contributed by atoms with E-state index in [1.807, 2.05) is 6.92 Å². The Morgan fingerprint density at radius 3 is 2.72 bits per heavy atom. The van der Waals surface area contributed by atoms with Crippen LogP contribution >= 0.6 is 23.2 Å². The molecule has 1 fully saturated rings. The fourth-order valence-electron chi connectivity index (χ4n) is 2.25. The van der Waals surface area contributed by atoms with Crippen molar-refractivity contribution in [2.45, 2.75) is 32.4 Å². The van der Waals surface area contributed by atoms with Crippen LogP contribution in [0.25, 0.3) is 0 Å². The van der Waals surface area contributed by atoms with Gasteiger partial charge < -0.3 is 4.74 Å². The van der Waals surface area contributed by atoms with Gasteiger partial charge >= 0.3 is 0 Å². The second-order valence-electron chi connectivity index (χ2n) is 4.49. The predicted octanol–water partition coefficient (Wildman–Crippen LogP) is 3.39. The van der Waals surface area contributed by atoms with Crippen LogP contribution in [-0.4, -0.2) is 35.7 Å². The first-order valence-corrected chi connectivity index (χ1v) is 7.09. The minimum Gasteiger partial charge on any atom is -0.378 e. The van der Waals surface area contributed by atoms with Gasteiger partial charge in [0.2, 0.25) is 0 Å². The Morgan fingerprint density at radius 1 is 1.33 bits per heavy atom. The van der Waals surface area contributed by atoms with E-state index in [0.29, 0.717) is 16.3 Å². The molecule has 0 aromatic carbocycles. The third-order valence-electron chi connectivity index (χ3n) is 3.19. The van der Waals surface area contributed by atoms with Gasteiger partial charge in [-0.15, -0.1) is 0 Å². The van der Waals surface area contributed by atoms with Gasteiger partial charge in [-0.05, 0) is 31.9 Å². The van der Waals surface area contributed by atoms with Crippen LogP contribution < -0.4 is 0 Å². The minimum absolute atomic E-state index is 0.411. The number of aromatic nitrogens is 1. The molecule has 3 nitrogen and oxygen atoms in total. The van der Waals surface area contributed by atoms with Gasteiger partial charge in [0.25, 0.3) is 0 Å². The molecule has 0 amide bonds. The molecule has 18 heavy (non-hydrogen) atoms. The van der Waals surface area contributed by atoms with E-state index in [1.165, 1.54) is 0 Å². The molecule has 1 saturated heterocycles. The fourth-order valence-corrected chi connectivity index (χ4v) is 2.58. The molecule has 0 N–H and O–H groups in total. The molecule has 0 spiro atoms. The van der Waals surface area contributed by atoms with Gasteiger partial charge in [0.15, 0.2) is 0 Å². The van der Waals surface area contributed by atoms with Gasteiger partial charge in [-0.25, -0.2) is 4.98 Å². The summed E-state index contributed by atoms with van der Waals surface area (Å²) in [5.41, 5.74) is 0.860. The van der Waals surface area contributed by atoms with Gasteiger partial charge in [0.1, 0.15) is 5.15 Å². The molecule has 0 atom stereocenters. The van der Waals surface area contributed by atoms with Crippen LogP contribution in [0.4, 0.5) is 0 Å². The molecule has 0 unspecified atom stereocenters. The maximum atomic E-state index is 6.12. The van der Waals surface area contributed by atoms with Crippen molar-refractivity contribution in [2.75, 3.05) is 19.7 Å². The fraction of sp³-hybridized carbons (Fsp3) is 0.615. The average Bonchev–Trinajstić information content (AvgIpc) is 2.37. The molecule has 0 saturated carbocycles. The van der Waals surface area contributed by atoms with E-state index in [4.69, 9.17) is 27.9 Å². The number of halogens is 2. The number of ether oxygens (including phenoxy) is 1. The van der Waals surface area contributed by atoms with Crippen LogP contribution in [-0.2, 0) is 11.3 Å². The topological polar surface area (TPSA) is 25.4 Å². The van der Waals surface area contributed by atoms with Crippen LogP contribution in [0.5, 0.6) is 0 Å². The first kappa shape index (κ1) is 14.1. The maximum Gasteiger partial charge on any atom is 0.129 e. The summed E-state index contributed by atoms with van der Waals surface area (Å²) < 4.78 is 5.63. The Balaban J connectivity index is 1.89. The number of nitrogens with zero attached hydrogens (tertiary/aromatic N) is 2. The second-order valence-corrected chi connectivity index (χ2v) is 5.29. The number of hydrogen-bond acceptors (Lipinski definition) is 3. The number of pyridine rings is 1. The number of rotatable bonds is 4. The summed E-state index contributed by atoms with van der Waals surface area (Å²) in [5.74, 6) is 0. The zero-order chi connectivity index (χ0) is 13.0. The second kappa shape index (κ2) is 6.71. The Kier molecular flexibility index (Phi) is 5.25. The third-order valence-corrected chi connectivity index (χ3v) is 3.75. The molecule has 1 aliphatic rings. The highest BCUT2D eigenvalue weighted by Crippen LogP contribution is 2.21. The maximum absolute atomic E-state index is 6.12. The SMILES string of the molecule is CCOC1CCN(Cc2nc(Cl)ccc2Cl)CC1. The van der Waals surface area contributed by atoms with Gasteiger partial charge in [-0.3, -0.25) is 4.90 Å². The standard InChI is InChI=1S/C13H18Cl2N2O/c1-2-18-10-5-7-17(8-6-10)9-12-11(14)3-4-13(15)16-12/h3-4,10H,2,5-9H2,1H3. The van der Waals surface area contributed by atoms with Crippen molar-refractivity contribution in [2.24, 2.45) is 0 Å². The number of piperidine rings is 1. The quantitative estimate of drug-likeness (QED) is 0.794. The zero-order valence-electron chi connectivity index (χ0n) is 10.5. The van der Waals surface area contributed by atoms with Gasteiger partial charge in [0, 0.05) is 26.2 Å². The molecule has 2 heterocycles. The Labute approximate surface area is 118 Å². The molecule has 5 heteroatoms. The summed E-state index contributed by atoms with van der Waals surface area (Å²) in [6.45, 7) is 5.65. The summed E-state index contributed by atoms with van der Waals surface area (Å²) in [4.78, 5) is 6.63. The third kappa shape index (κ3) is 3.82. The molecule has 0 bridgehead atoms. The van der Waals surface area contributed by atoms with Crippen LogP contribution in [0, 0.1) is 0 Å². The summed E-state index contributed by atoms with van der Waals surface area (Å²) in [6, 6.07) is 3.52. The van der Waals surface area contributed by atoms with Crippen LogP contribution in [0.1, 0.15) is 25.5 Å². The van der Waals surface area contributed by atoms with Crippen molar-refractivity contribution < 1.29 is 4.74 Å². The van der Waals surface area contributed by atoms with E-state index >= 15 is 0 Å². The van der Waals surface area contributed by atoms with Gasteiger partial charge in [-0.2, -0.15) is 0 Å². The normalized spacial score (nSPS) is 18.2. The first-order valence-electron chi connectivity index (χ1n) is 6.34. The monoisotopic (exact) mass is 288 g/mol.